The summed E-state index contributed by atoms with van der Waals surface area (Å²) in [6.07, 6.45) is 1.75. The normalized spacial score (nSPS) is 13.8. The zero-order valence-corrected chi connectivity index (χ0v) is 12.7. The van der Waals surface area contributed by atoms with Crippen LogP contribution in [0, 0.1) is 0 Å². The van der Waals surface area contributed by atoms with Gasteiger partial charge in [0, 0.05) is 18.8 Å². The molecule has 0 saturated heterocycles. The van der Waals surface area contributed by atoms with Crippen molar-refractivity contribution in [3.8, 4) is 5.88 Å². The van der Waals surface area contributed by atoms with Crippen molar-refractivity contribution < 1.29 is 4.74 Å². The number of rotatable bonds is 6. The molecule has 0 aliphatic heterocycles. The second-order valence-electron chi connectivity index (χ2n) is 5.41. The summed E-state index contributed by atoms with van der Waals surface area (Å²) in [5.41, 5.74) is 6.61. The van der Waals surface area contributed by atoms with Gasteiger partial charge in [-0.15, -0.1) is 0 Å². The average molecular weight is 286 g/mol. The summed E-state index contributed by atoms with van der Waals surface area (Å²) in [7, 11) is 0. The first-order valence-electron chi connectivity index (χ1n) is 7.07. The van der Waals surface area contributed by atoms with E-state index in [1.54, 1.807) is 12.3 Å². The molecule has 1 aromatic carbocycles. The highest BCUT2D eigenvalue weighted by Gasteiger charge is 2.25. The minimum Gasteiger partial charge on any atom is -0.475 e. The van der Waals surface area contributed by atoms with Crippen molar-refractivity contribution in [1.29, 1.82) is 0 Å². The monoisotopic (exact) mass is 286 g/mol. The molecule has 0 aliphatic carbocycles. The molecule has 5 heteroatoms. The summed E-state index contributed by atoms with van der Waals surface area (Å²) in [4.78, 5) is 8.62. The van der Waals surface area contributed by atoms with E-state index in [2.05, 4.69) is 15.3 Å². The van der Waals surface area contributed by atoms with E-state index < -0.39 is 5.54 Å². The quantitative estimate of drug-likeness (QED) is 0.853. The molecule has 2 aromatic rings. The predicted octanol–water partition coefficient (Wildman–Crippen LogP) is 2.55. The van der Waals surface area contributed by atoms with Crippen LogP contribution in [0.3, 0.4) is 0 Å². The summed E-state index contributed by atoms with van der Waals surface area (Å²) in [5, 5.41) is 3.31. The Labute approximate surface area is 125 Å². The van der Waals surface area contributed by atoms with Gasteiger partial charge in [0.1, 0.15) is 0 Å². The second-order valence-corrected chi connectivity index (χ2v) is 5.41. The van der Waals surface area contributed by atoms with Crippen molar-refractivity contribution in [3.63, 3.8) is 0 Å². The highest BCUT2D eigenvalue weighted by molar-refractivity contribution is 5.38. The van der Waals surface area contributed by atoms with Crippen molar-refractivity contribution in [2.45, 2.75) is 32.4 Å². The first-order chi connectivity index (χ1) is 10.0. The minimum atomic E-state index is -0.433. The van der Waals surface area contributed by atoms with Crippen LogP contribution in [-0.2, 0) is 5.54 Å². The van der Waals surface area contributed by atoms with Crippen LogP contribution in [0.4, 0.5) is 5.95 Å². The molecule has 1 aromatic heterocycles. The molecule has 5 nitrogen and oxygen atoms in total. The summed E-state index contributed by atoms with van der Waals surface area (Å²) in [6.45, 7) is 6.38. The topological polar surface area (TPSA) is 73.1 Å². The number of nitrogens with one attached hydrogen (secondary N) is 1. The lowest BCUT2D eigenvalue weighted by atomic mass is 9.92. The first kappa shape index (κ1) is 15.3. The lowest BCUT2D eigenvalue weighted by Gasteiger charge is -2.30. The van der Waals surface area contributed by atoms with Gasteiger partial charge >= 0.3 is 0 Å². The predicted molar refractivity (Wildman–Crippen MR) is 84.3 cm³/mol. The molecule has 1 heterocycles. The maximum Gasteiger partial charge on any atom is 0.226 e. The molecule has 21 heavy (non-hydrogen) atoms. The Morgan fingerprint density at radius 1 is 1.24 bits per heavy atom. The third kappa shape index (κ3) is 3.92. The molecule has 1 atom stereocenters. The van der Waals surface area contributed by atoms with Gasteiger partial charge in [0.25, 0.3) is 0 Å². The van der Waals surface area contributed by atoms with Crippen LogP contribution >= 0.6 is 0 Å². The molecule has 3 N–H and O–H groups in total. The van der Waals surface area contributed by atoms with Crippen LogP contribution in [-0.4, -0.2) is 22.6 Å². The Balaban J connectivity index is 2.22. The van der Waals surface area contributed by atoms with Gasteiger partial charge in [-0.25, -0.2) is 4.98 Å². The Morgan fingerprint density at radius 2 is 1.95 bits per heavy atom. The van der Waals surface area contributed by atoms with Gasteiger partial charge < -0.3 is 15.8 Å². The Kier molecular flexibility index (Phi) is 4.75. The average Bonchev–Trinajstić information content (AvgIpc) is 2.47. The van der Waals surface area contributed by atoms with Crippen molar-refractivity contribution in [1.82, 2.24) is 9.97 Å². The molecular weight excluding hydrogens is 264 g/mol. The van der Waals surface area contributed by atoms with E-state index in [0.717, 1.165) is 5.56 Å². The van der Waals surface area contributed by atoms with E-state index in [9.17, 15) is 0 Å². The van der Waals surface area contributed by atoms with E-state index in [0.29, 0.717) is 18.4 Å². The lowest BCUT2D eigenvalue weighted by molar-refractivity contribution is 0.232. The fraction of sp³-hybridized carbons (Fsp3) is 0.375. The summed E-state index contributed by atoms with van der Waals surface area (Å²) < 4.78 is 5.59. The fourth-order valence-electron chi connectivity index (χ4n) is 2.00. The lowest BCUT2D eigenvalue weighted by Crippen LogP contribution is -2.40. The standard InChI is InChI=1S/C16H22N4O/c1-12(2)21-14-9-10-18-15(19-14)20-16(3,11-17)13-7-5-4-6-8-13/h4-10,12H,11,17H2,1-3H3,(H,18,19,20). The summed E-state index contributed by atoms with van der Waals surface area (Å²) >= 11 is 0. The van der Waals surface area contributed by atoms with Gasteiger partial charge in [0.05, 0.1) is 11.6 Å². The molecule has 0 spiro atoms. The van der Waals surface area contributed by atoms with Crippen LogP contribution < -0.4 is 15.8 Å². The van der Waals surface area contributed by atoms with E-state index in [1.807, 2.05) is 51.1 Å². The number of nitrogens with two attached hydrogens (primary N) is 1. The van der Waals surface area contributed by atoms with E-state index in [1.165, 1.54) is 0 Å². The van der Waals surface area contributed by atoms with Crippen LogP contribution in [0.25, 0.3) is 0 Å². The van der Waals surface area contributed by atoms with E-state index in [4.69, 9.17) is 10.5 Å². The number of hydrogen-bond acceptors (Lipinski definition) is 5. The van der Waals surface area contributed by atoms with Gasteiger partial charge in [-0.2, -0.15) is 4.98 Å². The Morgan fingerprint density at radius 3 is 2.57 bits per heavy atom. The number of anilines is 1. The van der Waals surface area contributed by atoms with Crippen LogP contribution in [0.1, 0.15) is 26.3 Å². The van der Waals surface area contributed by atoms with Crippen molar-refractivity contribution >= 4 is 5.95 Å². The van der Waals surface area contributed by atoms with Crippen LogP contribution in [0.2, 0.25) is 0 Å². The van der Waals surface area contributed by atoms with Gasteiger partial charge in [-0.1, -0.05) is 30.3 Å². The van der Waals surface area contributed by atoms with Gasteiger partial charge in [-0.3, -0.25) is 0 Å². The molecule has 0 amide bonds. The van der Waals surface area contributed by atoms with Gasteiger partial charge in [0.2, 0.25) is 11.8 Å². The van der Waals surface area contributed by atoms with Crippen molar-refractivity contribution in [3.05, 3.63) is 48.2 Å². The fourth-order valence-corrected chi connectivity index (χ4v) is 2.00. The molecule has 0 fully saturated rings. The molecular formula is C16H22N4O. The molecule has 0 bridgehead atoms. The van der Waals surface area contributed by atoms with Crippen LogP contribution in [0.5, 0.6) is 5.88 Å². The van der Waals surface area contributed by atoms with Crippen molar-refractivity contribution in [2.75, 3.05) is 11.9 Å². The highest BCUT2D eigenvalue weighted by Crippen LogP contribution is 2.24. The van der Waals surface area contributed by atoms with Gasteiger partial charge in [0.15, 0.2) is 0 Å². The Bertz CT molecular complexity index is 573. The molecule has 112 valence electrons. The number of nitrogens with zero attached hydrogens (tertiary/aromatic N) is 2. The molecule has 0 aliphatic rings. The van der Waals surface area contributed by atoms with Gasteiger partial charge in [-0.05, 0) is 26.3 Å². The maximum atomic E-state index is 5.96. The number of hydrogen-bond donors (Lipinski definition) is 2. The molecule has 0 saturated carbocycles. The maximum absolute atomic E-state index is 5.96. The summed E-state index contributed by atoms with van der Waals surface area (Å²) in [6, 6.07) is 11.8. The first-order valence-corrected chi connectivity index (χ1v) is 7.07. The number of benzene rings is 1. The third-order valence-electron chi connectivity index (χ3n) is 3.19. The van der Waals surface area contributed by atoms with E-state index in [-0.39, 0.29) is 6.10 Å². The molecule has 2 rings (SSSR count). The highest BCUT2D eigenvalue weighted by atomic mass is 16.5. The molecule has 0 radical (unpaired) electrons. The smallest absolute Gasteiger partial charge is 0.226 e. The SMILES string of the molecule is CC(C)Oc1ccnc(NC(C)(CN)c2ccccc2)n1. The Hall–Kier alpha value is -2.14. The van der Waals surface area contributed by atoms with Crippen molar-refractivity contribution in [2.24, 2.45) is 5.73 Å². The van der Waals surface area contributed by atoms with Crippen LogP contribution in [0.15, 0.2) is 42.6 Å². The number of ether oxygens (including phenoxy) is 1. The second kappa shape index (κ2) is 6.54. The third-order valence-corrected chi connectivity index (χ3v) is 3.19. The zero-order chi connectivity index (χ0) is 15.3. The summed E-state index contributed by atoms with van der Waals surface area (Å²) in [5.74, 6) is 1.06. The largest absolute Gasteiger partial charge is 0.475 e. The van der Waals surface area contributed by atoms with E-state index >= 15 is 0 Å². The zero-order valence-electron chi connectivity index (χ0n) is 12.7. The molecule has 1 unspecified atom stereocenters. The minimum absolute atomic E-state index is 0.0720. The number of aromatic nitrogens is 2.